The van der Waals surface area contributed by atoms with Crippen LogP contribution in [0.25, 0.3) is 22.0 Å². The molecule has 0 fully saturated rings. The van der Waals surface area contributed by atoms with Crippen LogP contribution in [0.2, 0.25) is 0 Å². The van der Waals surface area contributed by atoms with Crippen molar-refractivity contribution >= 4 is 44.1 Å². The standard InChI is InChI=1S/C28H30N4O6S/c1-5-6-13-39(35,36)32-16-26(28(34)29-22-8-9-23-20(14-22)11-12-31(23)19(4)33)37-25-10-7-21(15-24(25)32)27-17(2)30-38-18(27)3/h7-12,14-15,26H,5-6,13,16H2,1-4H3,(H,29,34). The van der Waals surface area contributed by atoms with Crippen LogP contribution in [0, 0.1) is 13.8 Å². The number of sulfonamides is 1. The van der Waals surface area contributed by atoms with Crippen LogP contribution in [-0.4, -0.2) is 48.4 Å². The van der Waals surface area contributed by atoms with Crippen LogP contribution in [0.15, 0.2) is 53.2 Å². The van der Waals surface area contributed by atoms with E-state index in [0.717, 1.165) is 22.0 Å². The van der Waals surface area contributed by atoms with Gasteiger partial charge in [0.05, 0.1) is 29.2 Å². The largest absolute Gasteiger partial charge is 0.476 e. The summed E-state index contributed by atoms with van der Waals surface area (Å²) in [4.78, 5) is 25.1. The van der Waals surface area contributed by atoms with Crippen molar-refractivity contribution in [3.63, 3.8) is 0 Å². The fourth-order valence-corrected chi connectivity index (χ4v) is 6.54. The number of benzene rings is 2. The van der Waals surface area contributed by atoms with E-state index in [2.05, 4.69) is 10.5 Å². The predicted molar refractivity (Wildman–Crippen MR) is 149 cm³/mol. The molecule has 0 spiro atoms. The molecule has 1 aliphatic heterocycles. The van der Waals surface area contributed by atoms with Crippen molar-refractivity contribution in [2.75, 3.05) is 21.9 Å². The normalized spacial score (nSPS) is 15.2. The number of carbonyl (C=O) groups is 2. The third-order valence-electron chi connectivity index (χ3n) is 6.83. The van der Waals surface area contributed by atoms with E-state index in [0.29, 0.717) is 41.4 Å². The molecule has 39 heavy (non-hydrogen) atoms. The summed E-state index contributed by atoms with van der Waals surface area (Å²) in [5.41, 5.74) is 3.84. The molecule has 0 saturated carbocycles. The average molecular weight is 551 g/mol. The van der Waals surface area contributed by atoms with Crippen LogP contribution in [0.3, 0.4) is 0 Å². The number of nitrogens with zero attached hydrogens (tertiary/aromatic N) is 3. The lowest BCUT2D eigenvalue weighted by molar-refractivity contribution is -0.122. The van der Waals surface area contributed by atoms with E-state index >= 15 is 0 Å². The minimum Gasteiger partial charge on any atom is -0.476 e. The first-order valence-electron chi connectivity index (χ1n) is 12.8. The van der Waals surface area contributed by atoms with Gasteiger partial charge in [0.1, 0.15) is 11.5 Å². The molecule has 0 bridgehead atoms. The number of rotatable bonds is 7. The molecule has 11 heteroatoms. The second-order valence-electron chi connectivity index (χ2n) is 9.66. The Balaban J connectivity index is 1.46. The summed E-state index contributed by atoms with van der Waals surface area (Å²) in [7, 11) is -3.74. The third-order valence-corrected chi connectivity index (χ3v) is 8.65. The maximum Gasteiger partial charge on any atom is 0.267 e. The van der Waals surface area contributed by atoms with Crippen molar-refractivity contribution in [3.8, 4) is 16.9 Å². The van der Waals surface area contributed by atoms with Crippen molar-refractivity contribution in [2.45, 2.75) is 46.6 Å². The molecule has 5 rings (SSSR count). The van der Waals surface area contributed by atoms with Crippen LogP contribution in [-0.2, 0) is 14.8 Å². The maximum atomic E-state index is 13.4. The SMILES string of the molecule is CCCCS(=O)(=O)N1CC(C(=O)Nc2ccc3c(ccn3C(C)=O)c2)Oc2ccc(-c3c(C)noc3C)cc21. The Morgan fingerprint density at radius 2 is 1.92 bits per heavy atom. The van der Waals surface area contributed by atoms with Crippen LogP contribution < -0.4 is 14.4 Å². The monoisotopic (exact) mass is 550 g/mol. The van der Waals surface area contributed by atoms with Gasteiger partial charge in [-0.25, -0.2) is 8.42 Å². The van der Waals surface area contributed by atoms with E-state index in [1.165, 1.54) is 15.8 Å². The second kappa shape index (κ2) is 10.2. The van der Waals surface area contributed by atoms with E-state index in [4.69, 9.17) is 9.26 Å². The Labute approximate surface area is 226 Å². The van der Waals surface area contributed by atoms with E-state index in [1.807, 2.05) is 13.8 Å². The molecule has 0 radical (unpaired) electrons. The molecule has 204 valence electrons. The summed E-state index contributed by atoms with van der Waals surface area (Å²) >= 11 is 0. The van der Waals surface area contributed by atoms with Crippen LogP contribution in [0.1, 0.15) is 42.9 Å². The number of fused-ring (bicyclic) bond motifs is 2. The Morgan fingerprint density at radius 3 is 2.62 bits per heavy atom. The fourth-order valence-electron chi connectivity index (χ4n) is 4.86. The number of hydrogen-bond donors (Lipinski definition) is 1. The smallest absolute Gasteiger partial charge is 0.267 e. The van der Waals surface area contributed by atoms with Crippen molar-refractivity contribution in [3.05, 3.63) is 60.1 Å². The molecular weight excluding hydrogens is 520 g/mol. The number of aromatic nitrogens is 2. The molecule has 2 aromatic carbocycles. The summed E-state index contributed by atoms with van der Waals surface area (Å²) < 4.78 is 41.0. The topological polar surface area (TPSA) is 124 Å². The van der Waals surface area contributed by atoms with Crippen LogP contribution in [0.4, 0.5) is 11.4 Å². The summed E-state index contributed by atoms with van der Waals surface area (Å²) in [6.07, 6.45) is 1.81. The zero-order chi connectivity index (χ0) is 27.9. The van der Waals surface area contributed by atoms with E-state index in [-0.39, 0.29) is 18.2 Å². The van der Waals surface area contributed by atoms with Crippen molar-refractivity contribution in [1.29, 1.82) is 0 Å². The van der Waals surface area contributed by atoms with E-state index in [1.54, 1.807) is 55.6 Å². The predicted octanol–water partition coefficient (Wildman–Crippen LogP) is 4.91. The number of nitrogens with one attached hydrogen (secondary N) is 1. The van der Waals surface area contributed by atoms with Gasteiger partial charge in [-0.2, -0.15) is 0 Å². The first kappa shape index (κ1) is 26.5. The van der Waals surface area contributed by atoms with Crippen LogP contribution in [0.5, 0.6) is 5.75 Å². The molecule has 4 aromatic rings. The van der Waals surface area contributed by atoms with Crippen LogP contribution >= 0.6 is 0 Å². The van der Waals surface area contributed by atoms with Gasteiger partial charge in [-0.1, -0.05) is 24.6 Å². The maximum absolute atomic E-state index is 13.4. The van der Waals surface area contributed by atoms with Gasteiger partial charge in [-0.15, -0.1) is 0 Å². The van der Waals surface area contributed by atoms with E-state index < -0.39 is 22.0 Å². The van der Waals surface area contributed by atoms with Gasteiger partial charge < -0.3 is 14.6 Å². The van der Waals surface area contributed by atoms with Crippen molar-refractivity contribution in [1.82, 2.24) is 9.72 Å². The van der Waals surface area contributed by atoms with Crippen molar-refractivity contribution < 1.29 is 27.3 Å². The van der Waals surface area contributed by atoms with Crippen molar-refractivity contribution in [2.24, 2.45) is 0 Å². The number of aryl methyl sites for hydroxylation is 2. The molecule has 3 heterocycles. The molecule has 10 nitrogen and oxygen atoms in total. The van der Waals surface area contributed by atoms with Gasteiger partial charge in [-0.05, 0) is 62.2 Å². The number of ether oxygens (including phenoxy) is 1. The number of carbonyl (C=O) groups excluding carboxylic acids is 2. The van der Waals surface area contributed by atoms with Gasteiger partial charge in [0, 0.05) is 29.8 Å². The summed E-state index contributed by atoms with van der Waals surface area (Å²) in [6, 6.07) is 12.2. The minimum absolute atomic E-state index is 0.0450. The third kappa shape index (κ3) is 5.01. The van der Waals surface area contributed by atoms with E-state index in [9.17, 15) is 18.0 Å². The summed E-state index contributed by atoms with van der Waals surface area (Å²) in [5.74, 6) is 0.286. The number of hydrogen-bond acceptors (Lipinski definition) is 7. The van der Waals surface area contributed by atoms with Gasteiger partial charge in [0.15, 0.2) is 6.10 Å². The molecule has 1 unspecified atom stereocenters. The van der Waals surface area contributed by atoms with Gasteiger partial charge in [-0.3, -0.25) is 18.5 Å². The Kier molecular flexibility index (Phi) is 6.94. The summed E-state index contributed by atoms with van der Waals surface area (Å²) in [6.45, 7) is 6.86. The number of amides is 1. The molecule has 0 saturated heterocycles. The number of anilines is 2. The highest BCUT2D eigenvalue weighted by atomic mass is 32.2. The Morgan fingerprint density at radius 1 is 1.13 bits per heavy atom. The molecule has 1 amide bonds. The number of unbranched alkanes of at least 4 members (excludes halogenated alkanes) is 1. The molecule has 0 aliphatic carbocycles. The van der Waals surface area contributed by atoms with Gasteiger partial charge >= 0.3 is 0 Å². The second-order valence-corrected chi connectivity index (χ2v) is 11.7. The van der Waals surface area contributed by atoms with Gasteiger partial charge in [0.25, 0.3) is 5.91 Å². The molecule has 1 atom stereocenters. The summed E-state index contributed by atoms with van der Waals surface area (Å²) in [5, 5.41) is 7.63. The first-order chi connectivity index (χ1) is 18.6. The lowest BCUT2D eigenvalue weighted by atomic mass is 10.0. The average Bonchev–Trinajstić information content (AvgIpc) is 3.48. The zero-order valence-corrected chi connectivity index (χ0v) is 23.0. The molecular formula is C28H30N4O6S. The fraction of sp³-hybridized carbons (Fsp3) is 0.321. The highest BCUT2D eigenvalue weighted by Gasteiger charge is 2.37. The highest BCUT2D eigenvalue weighted by molar-refractivity contribution is 7.92. The zero-order valence-electron chi connectivity index (χ0n) is 22.2. The minimum atomic E-state index is -3.74. The lowest BCUT2D eigenvalue weighted by Gasteiger charge is -2.35. The highest BCUT2D eigenvalue weighted by Crippen LogP contribution is 2.40. The lowest BCUT2D eigenvalue weighted by Crippen LogP contribution is -2.49. The Hall–Kier alpha value is -4.12. The first-order valence-corrected chi connectivity index (χ1v) is 14.4. The molecule has 1 aliphatic rings. The molecule has 1 N–H and O–H groups in total. The quantitative estimate of drug-likeness (QED) is 0.347. The molecule has 2 aromatic heterocycles. The van der Waals surface area contributed by atoms with Gasteiger partial charge in [0.2, 0.25) is 15.9 Å². The Bertz CT molecular complexity index is 1670.